The largest absolute Gasteiger partial charge is 0.355 e. The first-order valence-electron chi connectivity index (χ1n) is 6.93. The Labute approximate surface area is 116 Å². The van der Waals surface area contributed by atoms with Crippen molar-refractivity contribution in [3.63, 3.8) is 0 Å². The zero-order chi connectivity index (χ0) is 12.1. The molecule has 0 bridgehead atoms. The van der Waals surface area contributed by atoms with Gasteiger partial charge in [-0.25, -0.2) is 0 Å². The number of halogens is 1. The minimum absolute atomic E-state index is 0. The lowest BCUT2D eigenvalue weighted by Gasteiger charge is -2.26. The van der Waals surface area contributed by atoms with Gasteiger partial charge in [0.05, 0.1) is 6.54 Å². The molecule has 0 radical (unpaired) electrons. The highest BCUT2D eigenvalue weighted by Crippen LogP contribution is 2.27. The number of rotatable bonds is 5. The Morgan fingerprint density at radius 3 is 2.78 bits per heavy atom. The Morgan fingerprint density at radius 2 is 2.06 bits per heavy atom. The molecule has 5 heteroatoms. The Hall–Kier alpha value is -0.320. The van der Waals surface area contributed by atoms with E-state index in [1.807, 2.05) is 0 Å². The van der Waals surface area contributed by atoms with Crippen molar-refractivity contribution in [2.75, 3.05) is 33.2 Å². The van der Waals surface area contributed by atoms with Gasteiger partial charge in [-0.1, -0.05) is 0 Å². The summed E-state index contributed by atoms with van der Waals surface area (Å²) in [6, 6.07) is 0.566. The van der Waals surface area contributed by atoms with E-state index in [1.165, 1.54) is 25.7 Å². The van der Waals surface area contributed by atoms with Crippen LogP contribution in [-0.4, -0.2) is 50.1 Å². The quantitative estimate of drug-likeness (QED) is 0.787. The highest BCUT2D eigenvalue weighted by Gasteiger charge is 2.23. The van der Waals surface area contributed by atoms with Crippen LogP contribution in [0.25, 0.3) is 0 Å². The van der Waals surface area contributed by atoms with Crippen LogP contribution in [0.4, 0.5) is 0 Å². The molecule has 0 aromatic rings. The van der Waals surface area contributed by atoms with Crippen LogP contribution in [0.3, 0.4) is 0 Å². The lowest BCUT2D eigenvalue weighted by Crippen LogP contribution is -2.41. The van der Waals surface area contributed by atoms with Crippen molar-refractivity contribution < 1.29 is 4.79 Å². The number of carbonyl (C=O) groups excluding carboxylic acids is 1. The molecule has 1 heterocycles. The molecule has 2 fully saturated rings. The van der Waals surface area contributed by atoms with Gasteiger partial charge in [0.25, 0.3) is 0 Å². The molecule has 2 N–H and O–H groups in total. The van der Waals surface area contributed by atoms with E-state index in [9.17, 15) is 4.79 Å². The van der Waals surface area contributed by atoms with Crippen LogP contribution in [0.2, 0.25) is 0 Å². The summed E-state index contributed by atoms with van der Waals surface area (Å²) in [6.07, 6.45) is 6.18. The SMILES string of the molecule is CN(CC(=O)NCC1CC1)C1CCCNCC1.Cl. The van der Waals surface area contributed by atoms with Crippen LogP contribution in [-0.2, 0) is 4.79 Å². The normalized spacial score (nSPS) is 24.2. The standard InChI is InChI=1S/C13H25N3O.ClH/c1-16(12-3-2-7-14-8-6-12)10-13(17)15-9-11-4-5-11;/h11-12,14H,2-10H2,1H3,(H,15,17);1H. The van der Waals surface area contributed by atoms with E-state index < -0.39 is 0 Å². The summed E-state index contributed by atoms with van der Waals surface area (Å²) in [5, 5.41) is 6.44. The van der Waals surface area contributed by atoms with Crippen molar-refractivity contribution in [2.24, 2.45) is 5.92 Å². The van der Waals surface area contributed by atoms with Gasteiger partial charge in [-0.15, -0.1) is 12.4 Å². The van der Waals surface area contributed by atoms with Crippen molar-refractivity contribution in [3.05, 3.63) is 0 Å². The maximum atomic E-state index is 11.7. The molecule has 2 aliphatic rings. The number of amides is 1. The summed E-state index contributed by atoms with van der Waals surface area (Å²) in [6.45, 7) is 3.65. The first-order chi connectivity index (χ1) is 8.25. The Balaban J connectivity index is 0.00000162. The Bertz CT molecular complexity index is 251. The predicted octanol–water partition coefficient (Wildman–Crippen LogP) is 1.01. The monoisotopic (exact) mass is 275 g/mol. The molecule has 0 aromatic heterocycles. The second kappa shape index (κ2) is 7.97. The van der Waals surface area contributed by atoms with E-state index in [1.54, 1.807) is 0 Å². The van der Waals surface area contributed by atoms with Gasteiger partial charge in [0.2, 0.25) is 5.91 Å². The van der Waals surface area contributed by atoms with Crippen molar-refractivity contribution >= 4 is 18.3 Å². The van der Waals surface area contributed by atoms with Crippen molar-refractivity contribution in [1.29, 1.82) is 0 Å². The van der Waals surface area contributed by atoms with Gasteiger partial charge in [-0.3, -0.25) is 9.69 Å². The summed E-state index contributed by atoms with van der Waals surface area (Å²) in [4.78, 5) is 14.0. The minimum atomic E-state index is 0. The minimum Gasteiger partial charge on any atom is -0.355 e. The first kappa shape index (κ1) is 15.7. The van der Waals surface area contributed by atoms with Crippen LogP contribution in [0.1, 0.15) is 32.1 Å². The highest BCUT2D eigenvalue weighted by molar-refractivity contribution is 5.85. The molecule has 1 unspecified atom stereocenters. The number of nitrogens with one attached hydrogen (secondary N) is 2. The van der Waals surface area contributed by atoms with E-state index in [0.29, 0.717) is 12.6 Å². The summed E-state index contributed by atoms with van der Waals surface area (Å²) < 4.78 is 0. The molecule has 0 spiro atoms. The van der Waals surface area contributed by atoms with Gasteiger partial charge in [-0.05, 0) is 58.2 Å². The third kappa shape index (κ3) is 5.55. The fourth-order valence-corrected chi connectivity index (χ4v) is 2.43. The molecule has 106 valence electrons. The third-order valence-corrected chi connectivity index (χ3v) is 3.85. The lowest BCUT2D eigenvalue weighted by atomic mass is 10.1. The molecule has 1 saturated heterocycles. The fraction of sp³-hybridized carbons (Fsp3) is 0.923. The van der Waals surface area contributed by atoms with Gasteiger partial charge in [0, 0.05) is 12.6 Å². The average Bonchev–Trinajstić information content (AvgIpc) is 3.13. The highest BCUT2D eigenvalue weighted by atomic mass is 35.5. The van der Waals surface area contributed by atoms with Gasteiger partial charge in [0.1, 0.15) is 0 Å². The van der Waals surface area contributed by atoms with Crippen LogP contribution >= 0.6 is 12.4 Å². The maximum Gasteiger partial charge on any atom is 0.234 e. The molecule has 1 aliphatic carbocycles. The van der Waals surface area contributed by atoms with Crippen LogP contribution in [0, 0.1) is 5.92 Å². The van der Waals surface area contributed by atoms with Gasteiger partial charge in [0.15, 0.2) is 0 Å². The van der Waals surface area contributed by atoms with Crippen LogP contribution < -0.4 is 10.6 Å². The molecule has 4 nitrogen and oxygen atoms in total. The Kier molecular flexibility index (Phi) is 6.97. The predicted molar refractivity (Wildman–Crippen MR) is 76.1 cm³/mol. The molecular formula is C13H26ClN3O. The third-order valence-electron chi connectivity index (χ3n) is 3.85. The summed E-state index contributed by atoms with van der Waals surface area (Å²) in [5.74, 6) is 0.961. The average molecular weight is 276 g/mol. The van der Waals surface area contributed by atoms with Crippen LogP contribution in [0.5, 0.6) is 0 Å². The molecule has 1 aliphatic heterocycles. The zero-order valence-electron chi connectivity index (χ0n) is 11.3. The van der Waals surface area contributed by atoms with E-state index in [0.717, 1.165) is 32.0 Å². The summed E-state index contributed by atoms with van der Waals surface area (Å²) >= 11 is 0. The van der Waals surface area contributed by atoms with Gasteiger partial charge < -0.3 is 10.6 Å². The first-order valence-corrected chi connectivity index (χ1v) is 6.93. The molecule has 2 rings (SSSR count). The summed E-state index contributed by atoms with van der Waals surface area (Å²) in [7, 11) is 2.08. The number of hydrogen-bond acceptors (Lipinski definition) is 3. The smallest absolute Gasteiger partial charge is 0.234 e. The molecule has 1 atom stereocenters. The van der Waals surface area contributed by atoms with E-state index in [-0.39, 0.29) is 18.3 Å². The number of likely N-dealkylation sites (N-methyl/N-ethyl adjacent to an activating group) is 1. The molecule has 1 amide bonds. The lowest BCUT2D eigenvalue weighted by molar-refractivity contribution is -0.122. The van der Waals surface area contributed by atoms with E-state index in [2.05, 4.69) is 22.6 Å². The number of hydrogen-bond donors (Lipinski definition) is 2. The van der Waals surface area contributed by atoms with E-state index in [4.69, 9.17) is 0 Å². The van der Waals surface area contributed by atoms with Crippen molar-refractivity contribution in [1.82, 2.24) is 15.5 Å². The van der Waals surface area contributed by atoms with Gasteiger partial charge in [-0.2, -0.15) is 0 Å². The van der Waals surface area contributed by atoms with E-state index >= 15 is 0 Å². The second-order valence-electron chi connectivity index (χ2n) is 5.50. The topological polar surface area (TPSA) is 44.4 Å². The fourth-order valence-electron chi connectivity index (χ4n) is 2.43. The number of carbonyl (C=O) groups is 1. The van der Waals surface area contributed by atoms with Crippen molar-refractivity contribution in [3.8, 4) is 0 Å². The van der Waals surface area contributed by atoms with Crippen molar-refractivity contribution in [2.45, 2.75) is 38.1 Å². The van der Waals surface area contributed by atoms with Crippen LogP contribution in [0.15, 0.2) is 0 Å². The molecular weight excluding hydrogens is 250 g/mol. The molecule has 1 saturated carbocycles. The number of nitrogens with zero attached hydrogens (tertiary/aromatic N) is 1. The zero-order valence-corrected chi connectivity index (χ0v) is 12.1. The molecule has 0 aromatic carbocycles. The summed E-state index contributed by atoms with van der Waals surface area (Å²) in [5.41, 5.74) is 0. The second-order valence-corrected chi connectivity index (χ2v) is 5.50. The Morgan fingerprint density at radius 1 is 1.28 bits per heavy atom. The van der Waals surface area contributed by atoms with Gasteiger partial charge >= 0.3 is 0 Å². The maximum absolute atomic E-state index is 11.7. The molecule has 18 heavy (non-hydrogen) atoms.